The Kier molecular flexibility index (Phi) is 6.68. The van der Waals surface area contributed by atoms with Crippen LogP contribution < -0.4 is 11.1 Å². The quantitative estimate of drug-likeness (QED) is 0.558. The maximum atomic E-state index is 12.3. The summed E-state index contributed by atoms with van der Waals surface area (Å²) >= 11 is -0.301. The van der Waals surface area contributed by atoms with Crippen molar-refractivity contribution in [3.8, 4) is 0 Å². The number of carbonyl (C=O) groups excluding carboxylic acids is 3. The number of nitrogens with two attached hydrogens (primary N) is 1. The zero-order valence-electron chi connectivity index (χ0n) is 14.4. The number of nitrogens with one attached hydrogen (secondary N) is 1. The van der Waals surface area contributed by atoms with Crippen molar-refractivity contribution < 1.29 is 32.3 Å². The van der Waals surface area contributed by atoms with E-state index in [4.69, 9.17) is 10.5 Å². The smallest absolute Gasteiger partial charge is 0.446 e. The highest BCUT2D eigenvalue weighted by atomic mass is 32.2. The zero-order chi connectivity index (χ0) is 20.9. The standard InChI is InChI=1S/C18H15F3N2O4S/c1-10(16(25)23-13-6-2-11(3-7-13)15(22)24)27-17(26)12-4-8-14(9-5-12)28-18(19,20)21/h2-10H,1H3,(H2,22,24)(H,23,25)/t10-/m0/s1. The highest BCUT2D eigenvalue weighted by Crippen LogP contribution is 2.36. The van der Waals surface area contributed by atoms with Crippen LogP contribution in [0.25, 0.3) is 0 Å². The molecule has 0 aliphatic heterocycles. The predicted molar refractivity (Wildman–Crippen MR) is 96.8 cm³/mol. The zero-order valence-corrected chi connectivity index (χ0v) is 15.3. The fourth-order valence-corrected chi connectivity index (χ4v) is 2.58. The van der Waals surface area contributed by atoms with Crippen molar-refractivity contribution in [2.24, 2.45) is 5.73 Å². The van der Waals surface area contributed by atoms with E-state index in [1.54, 1.807) is 0 Å². The van der Waals surface area contributed by atoms with Crippen LogP contribution in [0.1, 0.15) is 27.6 Å². The van der Waals surface area contributed by atoms with Gasteiger partial charge in [0.15, 0.2) is 6.10 Å². The first-order chi connectivity index (χ1) is 13.0. The number of benzene rings is 2. The summed E-state index contributed by atoms with van der Waals surface area (Å²) in [5, 5.41) is 2.50. The van der Waals surface area contributed by atoms with Gasteiger partial charge in [-0.05, 0) is 67.2 Å². The van der Waals surface area contributed by atoms with Crippen LogP contribution >= 0.6 is 11.8 Å². The molecule has 2 rings (SSSR count). The summed E-state index contributed by atoms with van der Waals surface area (Å²) in [7, 11) is 0. The first-order valence-electron chi connectivity index (χ1n) is 7.82. The van der Waals surface area contributed by atoms with Crippen LogP contribution in [-0.2, 0) is 9.53 Å². The predicted octanol–water partition coefficient (Wildman–Crippen LogP) is 3.58. The third-order valence-electron chi connectivity index (χ3n) is 3.41. The summed E-state index contributed by atoms with van der Waals surface area (Å²) < 4.78 is 41.9. The van der Waals surface area contributed by atoms with Gasteiger partial charge in [-0.3, -0.25) is 9.59 Å². The molecule has 2 amide bonds. The summed E-state index contributed by atoms with van der Waals surface area (Å²) in [5.74, 6) is -2.08. The lowest BCUT2D eigenvalue weighted by Gasteiger charge is -2.14. The van der Waals surface area contributed by atoms with E-state index in [-0.39, 0.29) is 27.8 Å². The van der Waals surface area contributed by atoms with E-state index in [0.29, 0.717) is 5.69 Å². The average Bonchev–Trinajstić information content (AvgIpc) is 2.61. The van der Waals surface area contributed by atoms with Crippen LogP contribution in [0.15, 0.2) is 53.4 Å². The maximum Gasteiger partial charge on any atom is 0.446 e. The molecule has 0 saturated heterocycles. The number of esters is 1. The van der Waals surface area contributed by atoms with Crippen molar-refractivity contribution in [1.82, 2.24) is 0 Å². The van der Waals surface area contributed by atoms with Crippen LogP contribution in [0.3, 0.4) is 0 Å². The van der Waals surface area contributed by atoms with Gasteiger partial charge in [0.05, 0.1) is 5.56 Å². The van der Waals surface area contributed by atoms with Crippen LogP contribution in [-0.4, -0.2) is 29.4 Å². The Morgan fingerprint density at radius 2 is 1.54 bits per heavy atom. The molecule has 0 bridgehead atoms. The van der Waals surface area contributed by atoms with E-state index in [1.807, 2.05) is 0 Å². The van der Waals surface area contributed by atoms with Gasteiger partial charge in [0.25, 0.3) is 5.91 Å². The molecule has 0 aromatic heterocycles. The van der Waals surface area contributed by atoms with Crippen molar-refractivity contribution in [1.29, 1.82) is 0 Å². The maximum absolute atomic E-state index is 12.3. The van der Waals surface area contributed by atoms with Crippen LogP contribution in [0.5, 0.6) is 0 Å². The number of hydrogen-bond acceptors (Lipinski definition) is 5. The number of carbonyl (C=O) groups is 3. The van der Waals surface area contributed by atoms with E-state index in [9.17, 15) is 27.6 Å². The molecule has 0 unspecified atom stereocenters. The molecule has 2 aromatic carbocycles. The summed E-state index contributed by atoms with van der Waals surface area (Å²) in [4.78, 5) is 35.1. The molecular formula is C18H15F3N2O4S. The molecule has 0 radical (unpaired) electrons. The monoisotopic (exact) mass is 412 g/mol. The number of hydrogen-bond donors (Lipinski definition) is 2. The minimum absolute atomic E-state index is 0.0111. The Balaban J connectivity index is 1.93. The second-order valence-corrected chi connectivity index (χ2v) is 6.69. The van der Waals surface area contributed by atoms with E-state index < -0.39 is 29.4 Å². The Bertz CT molecular complexity index is 868. The Labute approximate surface area is 162 Å². The fraction of sp³-hybridized carbons (Fsp3) is 0.167. The number of anilines is 1. The molecule has 2 aromatic rings. The summed E-state index contributed by atoms with van der Waals surface area (Å²) in [5.41, 5.74) is 1.34. The number of ether oxygens (including phenoxy) is 1. The van der Waals surface area contributed by atoms with Gasteiger partial charge in [-0.25, -0.2) is 4.79 Å². The highest BCUT2D eigenvalue weighted by molar-refractivity contribution is 8.00. The number of alkyl halides is 3. The molecule has 28 heavy (non-hydrogen) atoms. The van der Waals surface area contributed by atoms with E-state index in [0.717, 1.165) is 12.1 Å². The lowest BCUT2D eigenvalue weighted by molar-refractivity contribution is -0.123. The second-order valence-electron chi connectivity index (χ2n) is 5.55. The number of amides is 2. The molecule has 0 spiro atoms. The third kappa shape index (κ3) is 6.31. The number of halogens is 3. The molecular weight excluding hydrogens is 397 g/mol. The van der Waals surface area contributed by atoms with Gasteiger partial charge in [-0.15, -0.1) is 0 Å². The van der Waals surface area contributed by atoms with E-state index in [2.05, 4.69) is 5.32 Å². The van der Waals surface area contributed by atoms with Gasteiger partial charge in [0.1, 0.15) is 0 Å². The summed E-state index contributed by atoms with van der Waals surface area (Å²) in [6.45, 7) is 1.35. The lowest BCUT2D eigenvalue weighted by atomic mass is 10.2. The minimum Gasteiger partial charge on any atom is -0.449 e. The Morgan fingerprint density at radius 3 is 2.04 bits per heavy atom. The Morgan fingerprint density at radius 1 is 1.00 bits per heavy atom. The van der Waals surface area contributed by atoms with Crippen molar-refractivity contribution in [3.05, 3.63) is 59.7 Å². The van der Waals surface area contributed by atoms with E-state index in [1.165, 1.54) is 43.3 Å². The number of rotatable bonds is 6. The second kappa shape index (κ2) is 8.79. The van der Waals surface area contributed by atoms with Gasteiger partial charge in [0.2, 0.25) is 5.91 Å². The topological polar surface area (TPSA) is 98.5 Å². The third-order valence-corrected chi connectivity index (χ3v) is 4.15. The number of primary amides is 1. The van der Waals surface area contributed by atoms with Crippen LogP contribution in [0.2, 0.25) is 0 Å². The molecule has 148 valence electrons. The van der Waals surface area contributed by atoms with Crippen molar-refractivity contribution in [2.75, 3.05) is 5.32 Å². The lowest BCUT2D eigenvalue weighted by Crippen LogP contribution is -2.30. The molecule has 6 nitrogen and oxygen atoms in total. The molecule has 10 heteroatoms. The largest absolute Gasteiger partial charge is 0.449 e. The van der Waals surface area contributed by atoms with Gasteiger partial charge in [-0.2, -0.15) is 13.2 Å². The fourth-order valence-electron chi connectivity index (χ4n) is 2.04. The average molecular weight is 412 g/mol. The molecule has 0 aliphatic rings. The first-order valence-corrected chi connectivity index (χ1v) is 8.64. The minimum atomic E-state index is -4.43. The first kappa shape index (κ1) is 21.3. The van der Waals surface area contributed by atoms with Gasteiger partial charge < -0.3 is 15.8 Å². The van der Waals surface area contributed by atoms with Crippen molar-refractivity contribution in [3.63, 3.8) is 0 Å². The van der Waals surface area contributed by atoms with Gasteiger partial charge >= 0.3 is 11.5 Å². The Hall–Kier alpha value is -3.01. The molecule has 0 aliphatic carbocycles. The molecule has 0 heterocycles. The van der Waals surface area contributed by atoms with Crippen molar-refractivity contribution in [2.45, 2.75) is 23.4 Å². The summed E-state index contributed by atoms with van der Waals surface area (Å²) in [6, 6.07) is 10.4. The molecule has 1 atom stereocenters. The summed E-state index contributed by atoms with van der Waals surface area (Å²) in [6.07, 6.45) is -1.16. The molecule has 0 fully saturated rings. The normalized spacial score (nSPS) is 12.1. The highest BCUT2D eigenvalue weighted by Gasteiger charge is 2.29. The molecule has 0 saturated carbocycles. The van der Waals surface area contributed by atoms with E-state index >= 15 is 0 Å². The van der Waals surface area contributed by atoms with Crippen LogP contribution in [0, 0.1) is 0 Å². The molecule has 3 N–H and O–H groups in total. The van der Waals surface area contributed by atoms with Gasteiger partial charge in [-0.1, -0.05) is 0 Å². The van der Waals surface area contributed by atoms with Gasteiger partial charge in [0, 0.05) is 16.1 Å². The number of thioether (sulfide) groups is 1. The SMILES string of the molecule is C[C@H](OC(=O)c1ccc(SC(F)(F)F)cc1)C(=O)Nc1ccc(C(N)=O)cc1. The van der Waals surface area contributed by atoms with Crippen molar-refractivity contribution >= 4 is 35.2 Å². The van der Waals surface area contributed by atoms with Crippen LogP contribution in [0.4, 0.5) is 18.9 Å².